The lowest BCUT2D eigenvalue weighted by molar-refractivity contribution is -0.906. The Kier molecular flexibility index (Phi) is 14.4. The van der Waals surface area contributed by atoms with Crippen molar-refractivity contribution in [3.63, 3.8) is 0 Å². The van der Waals surface area contributed by atoms with E-state index in [1.807, 2.05) is 19.1 Å². The van der Waals surface area contributed by atoms with E-state index in [4.69, 9.17) is 9.47 Å². The Morgan fingerprint density at radius 3 is 2.16 bits per heavy atom. The van der Waals surface area contributed by atoms with Gasteiger partial charge in [0.15, 0.2) is 0 Å². The highest BCUT2D eigenvalue weighted by atomic mass is 16.6. The van der Waals surface area contributed by atoms with Gasteiger partial charge in [-0.25, -0.2) is 0 Å². The Morgan fingerprint density at radius 1 is 0.838 bits per heavy atom. The maximum Gasteiger partial charge on any atom is 0.314 e. The van der Waals surface area contributed by atoms with E-state index in [-0.39, 0.29) is 24.6 Å². The topological polar surface area (TPSA) is 35.5 Å². The number of nitrogens with zero attached hydrogens (tertiary/aromatic N) is 1. The first kappa shape index (κ1) is 30.9. The molecule has 0 saturated heterocycles. The number of carbonyl (C=O) groups excluding carboxylic acids is 1. The van der Waals surface area contributed by atoms with Crippen LogP contribution in [0.1, 0.15) is 89.7 Å². The molecule has 37 heavy (non-hydrogen) atoms. The molecule has 0 fully saturated rings. The number of benzene rings is 2. The van der Waals surface area contributed by atoms with Crippen molar-refractivity contribution in [3.8, 4) is 5.75 Å². The molecule has 2 atom stereocenters. The van der Waals surface area contributed by atoms with Crippen LogP contribution in [-0.2, 0) is 22.5 Å². The zero-order valence-corrected chi connectivity index (χ0v) is 24.2. The summed E-state index contributed by atoms with van der Waals surface area (Å²) in [4.78, 5) is 12.9. The summed E-state index contributed by atoms with van der Waals surface area (Å²) in [5.74, 6) is 0.606. The summed E-state index contributed by atoms with van der Waals surface area (Å²) in [6.45, 7) is 8.20. The summed E-state index contributed by atoms with van der Waals surface area (Å²) >= 11 is 0. The van der Waals surface area contributed by atoms with Crippen LogP contribution in [0.15, 0.2) is 54.6 Å². The molecular weight excluding hydrogens is 458 g/mol. The van der Waals surface area contributed by atoms with Crippen LogP contribution in [0.25, 0.3) is 0 Å². The largest absolute Gasteiger partial charge is 0.487 e. The second-order valence-electron chi connectivity index (χ2n) is 11.3. The molecule has 2 aromatic rings. The van der Waals surface area contributed by atoms with Crippen molar-refractivity contribution >= 4 is 5.97 Å². The van der Waals surface area contributed by atoms with Crippen LogP contribution in [-0.4, -0.2) is 43.8 Å². The molecule has 206 valence electrons. The molecule has 0 aliphatic carbocycles. The van der Waals surface area contributed by atoms with Gasteiger partial charge in [-0.1, -0.05) is 101 Å². The number of hydrogen-bond acceptors (Lipinski definition) is 3. The van der Waals surface area contributed by atoms with E-state index in [1.165, 1.54) is 62.5 Å². The Morgan fingerprint density at radius 2 is 1.49 bits per heavy atom. The third-order valence-corrected chi connectivity index (χ3v) is 7.01. The number of esters is 1. The molecule has 0 saturated carbocycles. The molecule has 0 aromatic heterocycles. The third kappa shape index (κ3) is 13.2. The fourth-order valence-corrected chi connectivity index (χ4v) is 4.93. The van der Waals surface area contributed by atoms with Crippen LogP contribution in [0.3, 0.4) is 0 Å². The summed E-state index contributed by atoms with van der Waals surface area (Å²) in [6, 6.07) is 18.8. The SMILES string of the molecule is CCCCCCCCCCc1cccc(OC(C)COC(=O)C(CC)C[N+](C)(C)Cc2ccccc2)c1. The maximum atomic E-state index is 12.9. The van der Waals surface area contributed by atoms with Crippen LogP contribution in [0.2, 0.25) is 0 Å². The van der Waals surface area contributed by atoms with Crippen molar-refractivity contribution in [2.75, 3.05) is 27.2 Å². The van der Waals surface area contributed by atoms with Crippen LogP contribution in [0.5, 0.6) is 5.75 Å². The van der Waals surface area contributed by atoms with Crippen molar-refractivity contribution in [2.24, 2.45) is 5.92 Å². The molecular formula is C33H52NO3+. The predicted molar refractivity (Wildman–Crippen MR) is 155 cm³/mol. The van der Waals surface area contributed by atoms with Gasteiger partial charge in [-0.15, -0.1) is 0 Å². The summed E-state index contributed by atoms with van der Waals surface area (Å²) < 4.78 is 12.6. The highest BCUT2D eigenvalue weighted by molar-refractivity contribution is 5.72. The summed E-state index contributed by atoms with van der Waals surface area (Å²) in [6.07, 6.45) is 12.3. The fraction of sp³-hybridized carbons (Fsp3) is 0.606. The molecule has 0 bridgehead atoms. The summed E-state index contributed by atoms with van der Waals surface area (Å²) in [7, 11) is 4.35. The normalized spacial score (nSPS) is 13.2. The average Bonchev–Trinajstić information content (AvgIpc) is 2.88. The highest BCUT2D eigenvalue weighted by Gasteiger charge is 2.28. The van der Waals surface area contributed by atoms with E-state index in [0.717, 1.165) is 36.2 Å². The smallest absolute Gasteiger partial charge is 0.314 e. The highest BCUT2D eigenvalue weighted by Crippen LogP contribution is 2.19. The number of unbranched alkanes of at least 4 members (excludes halogenated alkanes) is 7. The Hall–Kier alpha value is -2.33. The molecule has 0 aliphatic heterocycles. The van der Waals surface area contributed by atoms with Gasteiger partial charge in [0, 0.05) is 5.56 Å². The van der Waals surface area contributed by atoms with E-state index >= 15 is 0 Å². The minimum Gasteiger partial charge on any atom is -0.487 e. The monoisotopic (exact) mass is 510 g/mol. The number of ether oxygens (including phenoxy) is 2. The minimum atomic E-state index is -0.188. The Bertz CT molecular complexity index is 880. The summed E-state index contributed by atoms with van der Waals surface area (Å²) in [5.41, 5.74) is 2.60. The minimum absolute atomic E-state index is 0.124. The van der Waals surface area contributed by atoms with E-state index < -0.39 is 0 Å². The molecule has 2 aromatic carbocycles. The van der Waals surface area contributed by atoms with Gasteiger partial charge in [0.25, 0.3) is 0 Å². The first-order valence-corrected chi connectivity index (χ1v) is 14.6. The van der Waals surface area contributed by atoms with Gasteiger partial charge in [0.2, 0.25) is 0 Å². The molecule has 2 rings (SSSR count). The van der Waals surface area contributed by atoms with Crippen LogP contribution in [0, 0.1) is 5.92 Å². The Balaban J connectivity index is 1.72. The lowest BCUT2D eigenvalue weighted by Gasteiger charge is -2.32. The quantitative estimate of drug-likeness (QED) is 0.109. The molecule has 0 heterocycles. The van der Waals surface area contributed by atoms with Crippen molar-refractivity contribution < 1.29 is 18.8 Å². The molecule has 4 nitrogen and oxygen atoms in total. The lowest BCUT2D eigenvalue weighted by atomic mass is 10.0. The van der Waals surface area contributed by atoms with E-state index in [9.17, 15) is 4.79 Å². The zero-order valence-electron chi connectivity index (χ0n) is 24.2. The van der Waals surface area contributed by atoms with Crippen molar-refractivity contribution in [3.05, 3.63) is 65.7 Å². The zero-order chi connectivity index (χ0) is 26.9. The molecule has 0 N–H and O–H groups in total. The number of aryl methyl sites for hydroxylation is 1. The van der Waals surface area contributed by atoms with Crippen LogP contribution in [0.4, 0.5) is 0 Å². The van der Waals surface area contributed by atoms with Crippen LogP contribution >= 0.6 is 0 Å². The van der Waals surface area contributed by atoms with E-state index in [1.54, 1.807) is 0 Å². The number of quaternary nitrogens is 1. The molecule has 0 spiro atoms. The fourth-order valence-electron chi connectivity index (χ4n) is 4.93. The van der Waals surface area contributed by atoms with E-state index in [2.05, 4.69) is 70.4 Å². The molecule has 2 unspecified atom stereocenters. The first-order valence-electron chi connectivity index (χ1n) is 14.6. The molecule has 4 heteroatoms. The van der Waals surface area contributed by atoms with Crippen molar-refractivity contribution in [2.45, 2.75) is 97.6 Å². The molecule has 0 amide bonds. The average molecular weight is 511 g/mol. The van der Waals surface area contributed by atoms with Gasteiger partial charge < -0.3 is 14.0 Å². The van der Waals surface area contributed by atoms with Crippen molar-refractivity contribution in [1.82, 2.24) is 0 Å². The van der Waals surface area contributed by atoms with E-state index in [0.29, 0.717) is 0 Å². The summed E-state index contributed by atoms with van der Waals surface area (Å²) in [5, 5.41) is 0. The third-order valence-electron chi connectivity index (χ3n) is 7.01. The molecule has 0 aliphatic rings. The van der Waals surface area contributed by atoms with Crippen molar-refractivity contribution in [1.29, 1.82) is 0 Å². The van der Waals surface area contributed by atoms with Gasteiger partial charge in [-0.05, 0) is 43.9 Å². The molecule has 0 radical (unpaired) electrons. The van der Waals surface area contributed by atoms with Gasteiger partial charge in [0.1, 0.15) is 30.9 Å². The second kappa shape index (κ2) is 17.2. The number of rotatable bonds is 19. The second-order valence-corrected chi connectivity index (χ2v) is 11.3. The first-order chi connectivity index (χ1) is 17.8. The van der Waals surface area contributed by atoms with Gasteiger partial charge in [0.05, 0.1) is 20.6 Å². The standard InChI is InChI=1S/C33H52NO3/c1-6-8-9-10-11-12-13-15-19-29-22-18-23-32(24-29)37-28(3)27-36-33(35)31(7-2)26-34(4,5)25-30-20-16-14-17-21-30/h14,16-18,20-24,28,31H,6-13,15,19,25-27H2,1-5H3/q+1. The Labute approximate surface area is 227 Å². The van der Waals surface area contributed by atoms with Gasteiger partial charge in [-0.2, -0.15) is 0 Å². The number of hydrogen-bond donors (Lipinski definition) is 0. The van der Waals surface area contributed by atoms with Crippen LogP contribution < -0.4 is 4.74 Å². The van der Waals surface area contributed by atoms with Gasteiger partial charge in [-0.3, -0.25) is 4.79 Å². The predicted octanol–water partition coefficient (Wildman–Crippen LogP) is 7.98. The lowest BCUT2D eigenvalue weighted by Crippen LogP contribution is -2.45. The van der Waals surface area contributed by atoms with Gasteiger partial charge >= 0.3 is 5.97 Å². The number of carbonyl (C=O) groups is 1. The maximum absolute atomic E-state index is 12.9.